The average molecular weight is 259 g/mol. The lowest BCUT2D eigenvalue weighted by Crippen LogP contribution is -1.98. The van der Waals surface area contributed by atoms with Gasteiger partial charge in [-0.25, -0.2) is 0 Å². The Labute approximate surface area is 93.0 Å². The van der Waals surface area contributed by atoms with Crippen LogP contribution in [0.25, 0.3) is 0 Å². The topological polar surface area (TPSA) is 29.5 Å². The molecule has 0 radical (unpaired) electrons. The molecule has 78 valence electrons. The molecule has 1 rings (SSSR count). The van der Waals surface area contributed by atoms with Gasteiger partial charge in [0, 0.05) is 11.9 Å². The van der Waals surface area contributed by atoms with E-state index in [0.29, 0.717) is 6.42 Å². The highest BCUT2D eigenvalue weighted by molar-refractivity contribution is 9.09. The third-order valence-corrected chi connectivity index (χ3v) is 2.43. The first-order valence-corrected chi connectivity index (χ1v) is 5.87. The number of benzene rings is 1. The maximum Gasteiger partial charge on any atom is 0.119 e. The number of aliphatic hydroxyl groups excluding tert-OH is 1. The van der Waals surface area contributed by atoms with Gasteiger partial charge in [0.15, 0.2) is 0 Å². The van der Waals surface area contributed by atoms with Crippen LogP contribution in [0.1, 0.15) is 12.0 Å². The lowest BCUT2D eigenvalue weighted by Gasteiger charge is -2.05. The molecule has 0 saturated heterocycles. The van der Waals surface area contributed by atoms with Crippen LogP contribution in [-0.4, -0.2) is 23.7 Å². The Morgan fingerprint density at radius 3 is 2.50 bits per heavy atom. The van der Waals surface area contributed by atoms with Crippen molar-refractivity contribution in [2.45, 2.75) is 12.8 Å². The van der Waals surface area contributed by atoms with Crippen LogP contribution < -0.4 is 4.74 Å². The summed E-state index contributed by atoms with van der Waals surface area (Å²) in [5.74, 6) is 0.896. The second kappa shape index (κ2) is 6.85. The molecule has 0 fully saturated rings. The fourth-order valence-electron chi connectivity index (χ4n) is 1.13. The van der Waals surface area contributed by atoms with E-state index in [0.717, 1.165) is 29.7 Å². The first-order valence-electron chi connectivity index (χ1n) is 4.75. The molecule has 14 heavy (non-hydrogen) atoms. The number of aliphatic hydroxyl groups is 1. The monoisotopic (exact) mass is 258 g/mol. The largest absolute Gasteiger partial charge is 0.494 e. The fraction of sp³-hybridized carbons (Fsp3) is 0.455. The molecule has 0 bridgehead atoms. The van der Waals surface area contributed by atoms with Gasteiger partial charge in [-0.1, -0.05) is 28.1 Å². The number of halogens is 1. The molecule has 0 heterocycles. The Bertz CT molecular complexity index is 246. The van der Waals surface area contributed by atoms with E-state index >= 15 is 0 Å². The Morgan fingerprint density at radius 1 is 1.21 bits per heavy atom. The van der Waals surface area contributed by atoms with Crippen molar-refractivity contribution in [2.24, 2.45) is 0 Å². The highest BCUT2D eigenvalue weighted by Crippen LogP contribution is 2.12. The summed E-state index contributed by atoms with van der Waals surface area (Å²) in [5.41, 5.74) is 1.14. The molecule has 0 amide bonds. The van der Waals surface area contributed by atoms with Gasteiger partial charge in [-0.2, -0.15) is 0 Å². The van der Waals surface area contributed by atoms with Crippen LogP contribution in [0.3, 0.4) is 0 Å². The summed E-state index contributed by atoms with van der Waals surface area (Å²) in [7, 11) is 0. The van der Waals surface area contributed by atoms with E-state index in [-0.39, 0.29) is 6.61 Å². The van der Waals surface area contributed by atoms with Crippen LogP contribution in [0.2, 0.25) is 0 Å². The van der Waals surface area contributed by atoms with E-state index < -0.39 is 0 Å². The summed E-state index contributed by atoms with van der Waals surface area (Å²) in [6, 6.07) is 7.86. The molecule has 2 nitrogen and oxygen atoms in total. The number of alkyl halides is 1. The minimum Gasteiger partial charge on any atom is -0.494 e. The summed E-state index contributed by atoms with van der Waals surface area (Å²) >= 11 is 3.35. The molecule has 1 aromatic carbocycles. The highest BCUT2D eigenvalue weighted by Gasteiger charge is 1.94. The highest BCUT2D eigenvalue weighted by atomic mass is 79.9. The van der Waals surface area contributed by atoms with Crippen LogP contribution >= 0.6 is 15.9 Å². The lowest BCUT2D eigenvalue weighted by molar-refractivity contribution is 0.299. The van der Waals surface area contributed by atoms with Crippen LogP contribution in [0.15, 0.2) is 24.3 Å². The lowest BCUT2D eigenvalue weighted by atomic mass is 10.1. The SMILES string of the molecule is OCCc1ccc(OCCCBr)cc1. The van der Waals surface area contributed by atoms with Crippen molar-refractivity contribution in [1.82, 2.24) is 0 Å². The molecule has 1 N–H and O–H groups in total. The molecular weight excluding hydrogens is 244 g/mol. The number of ether oxygens (including phenoxy) is 1. The van der Waals surface area contributed by atoms with Gasteiger partial charge in [0.1, 0.15) is 5.75 Å². The molecule has 3 heteroatoms. The quantitative estimate of drug-likeness (QED) is 0.627. The van der Waals surface area contributed by atoms with E-state index in [1.807, 2.05) is 24.3 Å². The minimum absolute atomic E-state index is 0.198. The van der Waals surface area contributed by atoms with Crippen LogP contribution in [0.5, 0.6) is 5.75 Å². The standard InChI is InChI=1S/C11H15BrO2/c12-7-1-9-14-11-4-2-10(3-5-11)6-8-13/h2-5,13H,1,6-9H2. The summed E-state index contributed by atoms with van der Waals surface area (Å²) in [6.45, 7) is 0.939. The van der Waals surface area contributed by atoms with Gasteiger partial charge in [0.05, 0.1) is 6.61 Å². The number of hydrogen-bond donors (Lipinski definition) is 1. The van der Waals surface area contributed by atoms with Crippen molar-refractivity contribution >= 4 is 15.9 Å². The number of hydrogen-bond acceptors (Lipinski definition) is 2. The van der Waals surface area contributed by atoms with Gasteiger partial charge in [0.25, 0.3) is 0 Å². The minimum atomic E-state index is 0.198. The molecule has 0 aliphatic rings. The van der Waals surface area contributed by atoms with Crippen molar-refractivity contribution in [3.8, 4) is 5.75 Å². The number of rotatable bonds is 6. The maximum atomic E-state index is 8.73. The van der Waals surface area contributed by atoms with Gasteiger partial charge < -0.3 is 9.84 Å². The molecule has 0 unspecified atom stereocenters. The predicted molar refractivity (Wildman–Crippen MR) is 61.1 cm³/mol. The van der Waals surface area contributed by atoms with Crippen molar-refractivity contribution in [3.05, 3.63) is 29.8 Å². The second-order valence-electron chi connectivity index (χ2n) is 3.01. The van der Waals surface area contributed by atoms with Crippen LogP contribution in [-0.2, 0) is 6.42 Å². The molecule has 0 atom stereocenters. The van der Waals surface area contributed by atoms with Gasteiger partial charge in [0.2, 0.25) is 0 Å². The molecule has 0 saturated carbocycles. The average Bonchev–Trinajstić information content (AvgIpc) is 2.21. The van der Waals surface area contributed by atoms with E-state index in [2.05, 4.69) is 15.9 Å². The Kier molecular flexibility index (Phi) is 5.64. The first-order chi connectivity index (χ1) is 6.86. The normalized spacial score (nSPS) is 10.1. The van der Waals surface area contributed by atoms with Gasteiger partial charge in [-0.3, -0.25) is 0 Å². The molecular formula is C11H15BrO2. The Hall–Kier alpha value is -0.540. The van der Waals surface area contributed by atoms with E-state index in [4.69, 9.17) is 9.84 Å². The second-order valence-corrected chi connectivity index (χ2v) is 3.80. The molecule has 0 aromatic heterocycles. The molecule has 0 aliphatic heterocycles. The predicted octanol–water partition coefficient (Wildman–Crippen LogP) is 2.39. The third-order valence-electron chi connectivity index (χ3n) is 1.87. The van der Waals surface area contributed by atoms with Gasteiger partial charge in [-0.05, 0) is 30.5 Å². The van der Waals surface area contributed by atoms with Gasteiger partial charge in [-0.15, -0.1) is 0 Å². The van der Waals surface area contributed by atoms with Crippen molar-refractivity contribution in [3.63, 3.8) is 0 Å². The van der Waals surface area contributed by atoms with E-state index in [1.54, 1.807) is 0 Å². The summed E-state index contributed by atoms with van der Waals surface area (Å²) < 4.78 is 5.49. The summed E-state index contributed by atoms with van der Waals surface area (Å²) in [6.07, 6.45) is 1.72. The fourth-order valence-corrected chi connectivity index (χ4v) is 1.35. The zero-order valence-corrected chi connectivity index (χ0v) is 9.66. The summed E-state index contributed by atoms with van der Waals surface area (Å²) in [4.78, 5) is 0. The Balaban J connectivity index is 2.38. The summed E-state index contributed by atoms with van der Waals surface area (Å²) in [5, 5.41) is 9.69. The van der Waals surface area contributed by atoms with Crippen LogP contribution in [0.4, 0.5) is 0 Å². The van der Waals surface area contributed by atoms with Gasteiger partial charge >= 0.3 is 0 Å². The van der Waals surface area contributed by atoms with Crippen LogP contribution in [0, 0.1) is 0 Å². The zero-order valence-electron chi connectivity index (χ0n) is 8.08. The Morgan fingerprint density at radius 2 is 1.93 bits per heavy atom. The molecule has 0 spiro atoms. The van der Waals surface area contributed by atoms with E-state index in [1.165, 1.54) is 0 Å². The third kappa shape index (κ3) is 4.11. The zero-order chi connectivity index (χ0) is 10.2. The van der Waals surface area contributed by atoms with E-state index in [9.17, 15) is 0 Å². The smallest absolute Gasteiger partial charge is 0.119 e. The van der Waals surface area contributed by atoms with Crippen molar-refractivity contribution in [1.29, 1.82) is 0 Å². The first kappa shape index (κ1) is 11.5. The van der Waals surface area contributed by atoms with Crippen molar-refractivity contribution in [2.75, 3.05) is 18.5 Å². The molecule has 1 aromatic rings. The maximum absolute atomic E-state index is 8.73. The van der Waals surface area contributed by atoms with Crippen molar-refractivity contribution < 1.29 is 9.84 Å². The molecule has 0 aliphatic carbocycles.